The number of halogens is 1. The number of rotatable bonds is 5. The lowest BCUT2D eigenvalue weighted by atomic mass is 10.1. The number of ether oxygens (including phenoxy) is 1. The molecule has 9 heteroatoms. The number of hydrogen-bond acceptors (Lipinski definition) is 6. The summed E-state index contributed by atoms with van der Waals surface area (Å²) in [7, 11) is 0. The molecule has 1 saturated heterocycles. The molecule has 8 nitrogen and oxygen atoms in total. The van der Waals surface area contributed by atoms with E-state index in [2.05, 4.69) is 20.7 Å². The van der Waals surface area contributed by atoms with Crippen LogP contribution in [0.3, 0.4) is 0 Å². The molecule has 6 rings (SSSR count). The van der Waals surface area contributed by atoms with Gasteiger partial charge in [0, 0.05) is 28.8 Å². The van der Waals surface area contributed by atoms with Crippen molar-refractivity contribution in [3.8, 4) is 11.6 Å². The van der Waals surface area contributed by atoms with E-state index < -0.39 is 11.7 Å². The maximum absolute atomic E-state index is 15.1. The number of carbonyl (C=O) groups excluding carboxylic acids is 2. The zero-order valence-electron chi connectivity index (χ0n) is 17.8. The molecule has 166 valence electrons. The molecule has 2 fully saturated rings. The maximum Gasteiger partial charge on any atom is 0.254 e. The topological polar surface area (TPSA) is 97.6 Å². The Balaban J connectivity index is 1.42. The highest BCUT2D eigenvalue weighted by Gasteiger charge is 2.26. The highest BCUT2D eigenvalue weighted by Crippen LogP contribution is 2.35. The molecular formula is C24H20FN5O3. The van der Waals surface area contributed by atoms with Crippen LogP contribution in [0.1, 0.15) is 42.9 Å². The highest BCUT2D eigenvalue weighted by atomic mass is 19.1. The molecule has 3 aromatic rings. The van der Waals surface area contributed by atoms with E-state index in [1.54, 1.807) is 28.9 Å². The maximum atomic E-state index is 15.1. The zero-order valence-corrected chi connectivity index (χ0v) is 17.8. The number of carbonyl (C=O) groups is 2. The van der Waals surface area contributed by atoms with Crippen LogP contribution < -0.4 is 15.4 Å². The molecule has 0 atom stereocenters. The summed E-state index contributed by atoms with van der Waals surface area (Å²) in [6.07, 6.45) is 7.85. The molecule has 0 radical (unpaired) electrons. The third kappa shape index (κ3) is 3.55. The minimum atomic E-state index is -0.424. The first-order chi connectivity index (χ1) is 15.9. The van der Waals surface area contributed by atoms with Gasteiger partial charge in [0.05, 0.1) is 12.6 Å². The van der Waals surface area contributed by atoms with Gasteiger partial charge < -0.3 is 10.1 Å². The largest absolute Gasteiger partial charge is 0.436 e. The summed E-state index contributed by atoms with van der Waals surface area (Å²) in [4.78, 5) is 28.1. The number of nitrogens with zero attached hydrogens (tertiary/aromatic N) is 3. The van der Waals surface area contributed by atoms with Crippen LogP contribution in [0.5, 0.6) is 11.6 Å². The molecule has 3 heterocycles. The molecule has 0 spiro atoms. The first kappa shape index (κ1) is 19.7. The van der Waals surface area contributed by atoms with Crippen LogP contribution in [-0.4, -0.2) is 32.5 Å². The Bertz CT molecular complexity index is 1420. The van der Waals surface area contributed by atoms with Crippen LogP contribution in [0.2, 0.25) is 0 Å². The third-order valence-electron chi connectivity index (χ3n) is 5.94. The fourth-order valence-corrected chi connectivity index (χ4v) is 4.17. The van der Waals surface area contributed by atoms with E-state index in [-0.39, 0.29) is 24.0 Å². The van der Waals surface area contributed by atoms with Crippen molar-refractivity contribution in [1.29, 1.82) is 0 Å². The zero-order chi connectivity index (χ0) is 22.7. The summed E-state index contributed by atoms with van der Waals surface area (Å²) < 4.78 is 22.6. The molecule has 2 aliphatic carbocycles. The summed E-state index contributed by atoms with van der Waals surface area (Å²) in [5, 5.41) is 10.1. The van der Waals surface area contributed by atoms with E-state index >= 15 is 4.39 Å². The van der Waals surface area contributed by atoms with E-state index in [1.807, 2.05) is 19.1 Å². The van der Waals surface area contributed by atoms with E-state index in [0.717, 1.165) is 30.4 Å². The molecule has 0 bridgehead atoms. The third-order valence-corrected chi connectivity index (χ3v) is 5.94. The monoisotopic (exact) mass is 445 g/mol. The number of aromatic nitrogens is 3. The van der Waals surface area contributed by atoms with Crippen LogP contribution in [0.4, 0.5) is 10.2 Å². The smallest absolute Gasteiger partial charge is 0.254 e. The van der Waals surface area contributed by atoms with Gasteiger partial charge in [-0.05, 0) is 43.9 Å². The minimum absolute atomic E-state index is 0.00676. The van der Waals surface area contributed by atoms with Crippen molar-refractivity contribution in [2.24, 2.45) is 0 Å². The number of benzene rings is 1. The number of amides is 2. The van der Waals surface area contributed by atoms with E-state index in [0.29, 0.717) is 34.2 Å². The van der Waals surface area contributed by atoms with Gasteiger partial charge in [-0.1, -0.05) is 17.7 Å². The minimum Gasteiger partial charge on any atom is -0.436 e. The summed E-state index contributed by atoms with van der Waals surface area (Å²) in [5.74, 6) is -0.227. The van der Waals surface area contributed by atoms with Crippen molar-refractivity contribution >= 4 is 35.4 Å². The van der Waals surface area contributed by atoms with Gasteiger partial charge in [0.15, 0.2) is 17.2 Å². The Morgan fingerprint density at radius 3 is 2.88 bits per heavy atom. The number of anilines is 1. The lowest BCUT2D eigenvalue weighted by molar-refractivity contribution is -0.124. The SMILES string of the molecule is CC1=Cc2c(ccc(Oc3cc(NC4CC4)n4ncc(/C=C5\CC(=O)NC5=O)c4n3)c2F)C1. The fraction of sp³-hybridized carbons (Fsp3) is 0.250. The van der Waals surface area contributed by atoms with Gasteiger partial charge in [-0.3, -0.25) is 14.9 Å². The first-order valence-corrected chi connectivity index (χ1v) is 10.8. The van der Waals surface area contributed by atoms with Crippen molar-refractivity contribution in [2.45, 2.75) is 38.6 Å². The normalized spacial score (nSPS) is 18.6. The Kier molecular flexibility index (Phi) is 4.33. The van der Waals surface area contributed by atoms with Crippen LogP contribution in [0.15, 0.2) is 35.5 Å². The van der Waals surface area contributed by atoms with Gasteiger partial charge in [-0.2, -0.15) is 14.6 Å². The number of allylic oxidation sites excluding steroid dienone is 1. The molecular weight excluding hydrogens is 425 g/mol. The second-order valence-electron chi connectivity index (χ2n) is 8.68. The Labute approximate surface area is 188 Å². The van der Waals surface area contributed by atoms with Crippen molar-refractivity contribution in [3.05, 3.63) is 58.0 Å². The van der Waals surface area contributed by atoms with Crippen molar-refractivity contribution in [3.63, 3.8) is 0 Å². The summed E-state index contributed by atoms with van der Waals surface area (Å²) in [6, 6.07) is 5.51. The second-order valence-corrected chi connectivity index (χ2v) is 8.68. The van der Waals surface area contributed by atoms with Crippen LogP contribution in [-0.2, 0) is 16.0 Å². The van der Waals surface area contributed by atoms with Gasteiger partial charge in [-0.25, -0.2) is 4.39 Å². The molecule has 1 aliphatic heterocycles. The standard InChI is InChI=1S/C24H20FN5O3/c1-12-6-13-2-5-18(22(25)17(13)7-12)33-21-10-19(27-16-3-4-16)30-23(29-21)15(11-26-30)8-14-9-20(31)28-24(14)32/h2,5,7-8,10-11,16,27H,3-4,6,9H2,1H3,(H,28,31,32)/b14-8+. The molecule has 0 unspecified atom stereocenters. The number of nitrogens with one attached hydrogen (secondary N) is 2. The lowest BCUT2D eigenvalue weighted by Gasteiger charge is -2.12. The van der Waals surface area contributed by atoms with Gasteiger partial charge in [0.1, 0.15) is 5.82 Å². The second kappa shape index (κ2) is 7.26. The quantitative estimate of drug-likeness (QED) is 0.460. The predicted octanol–water partition coefficient (Wildman–Crippen LogP) is 3.62. The molecule has 2 N–H and O–H groups in total. The Morgan fingerprint density at radius 1 is 1.27 bits per heavy atom. The lowest BCUT2D eigenvalue weighted by Crippen LogP contribution is -2.19. The first-order valence-electron chi connectivity index (χ1n) is 10.8. The van der Waals surface area contributed by atoms with Crippen LogP contribution in [0.25, 0.3) is 17.8 Å². The molecule has 33 heavy (non-hydrogen) atoms. The molecule has 3 aliphatic rings. The van der Waals surface area contributed by atoms with Crippen molar-refractivity contribution < 1.29 is 18.7 Å². The average molecular weight is 445 g/mol. The number of fused-ring (bicyclic) bond motifs is 2. The van der Waals surface area contributed by atoms with E-state index in [4.69, 9.17) is 4.74 Å². The van der Waals surface area contributed by atoms with Gasteiger partial charge >= 0.3 is 0 Å². The van der Waals surface area contributed by atoms with Crippen molar-refractivity contribution in [2.75, 3.05) is 5.32 Å². The Morgan fingerprint density at radius 2 is 2.12 bits per heavy atom. The molecule has 2 amide bonds. The molecule has 1 aromatic carbocycles. The van der Waals surface area contributed by atoms with Gasteiger partial charge in [-0.15, -0.1) is 0 Å². The highest BCUT2D eigenvalue weighted by molar-refractivity contribution is 6.15. The van der Waals surface area contributed by atoms with Gasteiger partial charge in [0.2, 0.25) is 11.8 Å². The summed E-state index contributed by atoms with van der Waals surface area (Å²) in [6.45, 7) is 1.97. The number of imide groups is 1. The van der Waals surface area contributed by atoms with Crippen molar-refractivity contribution in [1.82, 2.24) is 19.9 Å². The van der Waals surface area contributed by atoms with Crippen LogP contribution in [0, 0.1) is 5.82 Å². The molecule has 1 saturated carbocycles. The van der Waals surface area contributed by atoms with E-state index in [9.17, 15) is 9.59 Å². The van der Waals surface area contributed by atoms with Crippen LogP contribution >= 0.6 is 0 Å². The number of hydrogen-bond donors (Lipinski definition) is 2. The Hall–Kier alpha value is -4.01. The average Bonchev–Trinajstić information content (AvgIpc) is 3.22. The predicted molar refractivity (Wildman–Crippen MR) is 119 cm³/mol. The van der Waals surface area contributed by atoms with E-state index in [1.165, 1.54) is 0 Å². The van der Waals surface area contributed by atoms with Gasteiger partial charge in [0.25, 0.3) is 5.91 Å². The summed E-state index contributed by atoms with van der Waals surface area (Å²) >= 11 is 0. The summed E-state index contributed by atoms with van der Waals surface area (Å²) in [5.41, 5.74) is 3.93. The molecule has 2 aromatic heterocycles. The fourth-order valence-electron chi connectivity index (χ4n) is 4.17.